The minimum Gasteiger partial charge on any atom is -0.508 e. The molecule has 79 heavy (non-hydrogen) atoms. The Hall–Kier alpha value is -6.71. The second kappa shape index (κ2) is 28.4. The van der Waals surface area contributed by atoms with Gasteiger partial charge in [0, 0.05) is 36.5 Å². The quantitative estimate of drug-likeness (QED) is 0.0686. The van der Waals surface area contributed by atoms with Crippen molar-refractivity contribution in [3.63, 3.8) is 0 Å². The van der Waals surface area contributed by atoms with Crippen molar-refractivity contribution in [1.82, 2.24) is 52.1 Å². The third kappa shape index (κ3) is 17.4. The van der Waals surface area contributed by atoms with E-state index in [2.05, 4.69) is 63.1 Å². The van der Waals surface area contributed by atoms with Gasteiger partial charge in [0.25, 0.3) is 11.8 Å². The van der Waals surface area contributed by atoms with E-state index in [0.717, 1.165) is 6.08 Å². The third-order valence-electron chi connectivity index (χ3n) is 14.0. The molecule has 0 radical (unpaired) electrons. The van der Waals surface area contributed by atoms with Gasteiger partial charge in [-0.25, -0.2) is 9.17 Å². The zero-order chi connectivity index (χ0) is 58.5. The van der Waals surface area contributed by atoms with Crippen LogP contribution >= 0.6 is 15.9 Å². The molecule has 0 spiro atoms. The second-order valence-corrected chi connectivity index (χ2v) is 22.3. The number of nitrogens with zero attached hydrogens (tertiary/aromatic N) is 2. The van der Waals surface area contributed by atoms with Gasteiger partial charge in [-0.15, -0.1) is 0 Å². The van der Waals surface area contributed by atoms with Gasteiger partial charge in [-0.3, -0.25) is 47.7 Å². The molecule has 434 valence electrons. The highest BCUT2D eigenvalue weighted by atomic mass is 79.9. The van der Waals surface area contributed by atoms with Gasteiger partial charge in [-0.2, -0.15) is 8.42 Å². The van der Waals surface area contributed by atoms with E-state index in [1.165, 1.54) is 43.2 Å². The summed E-state index contributed by atoms with van der Waals surface area (Å²) in [6.07, 6.45) is 2.87. The SMILES string of the molecule is CCC(C)[C@H](NC(=O)[C@@H](OS(=O)(=O)O)[C@@H](C)CC)C(=O)N[C@@H](CC)C(=O)N[C@H]1CCCNC(=O)C(Cc2c(Br)[nH]c3ccc(O)cc23)NC(=O)/C=C/c2coc(n2)[C@H](C)NC(=O)C(=O)[C@H](CC(C)C)NC(=O)[C@@H]2CCCN2C1=O. The highest BCUT2D eigenvalue weighted by Crippen LogP contribution is 2.31. The summed E-state index contributed by atoms with van der Waals surface area (Å²) in [5, 5.41) is 29.6. The number of fused-ring (bicyclic) bond motifs is 4. The lowest BCUT2D eigenvalue weighted by atomic mass is 9.96. The number of hydrogen-bond acceptors (Lipinski definition) is 15. The molecule has 3 aromatic rings. The average Bonchev–Trinajstić information content (AvgIpc) is 4.19. The van der Waals surface area contributed by atoms with Gasteiger partial charge < -0.3 is 56.6 Å². The van der Waals surface area contributed by atoms with Gasteiger partial charge in [0.1, 0.15) is 54.0 Å². The molecule has 0 aliphatic carbocycles. The van der Waals surface area contributed by atoms with Gasteiger partial charge in [-0.05, 0) is 109 Å². The lowest BCUT2D eigenvalue weighted by Gasteiger charge is -2.31. The van der Waals surface area contributed by atoms with Crippen molar-refractivity contribution in [2.24, 2.45) is 17.8 Å². The Labute approximate surface area is 466 Å². The number of carbonyl (C=O) groups excluding carboxylic acids is 9. The van der Waals surface area contributed by atoms with Crippen LogP contribution in [-0.4, -0.2) is 141 Å². The lowest BCUT2D eigenvalue weighted by Crippen LogP contribution is -2.60. The maximum Gasteiger partial charge on any atom is 0.398 e. The van der Waals surface area contributed by atoms with Crippen LogP contribution in [0, 0.1) is 17.8 Å². The number of ketones is 1. The predicted octanol–water partition coefficient (Wildman–Crippen LogP) is 2.69. The normalized spacial score (nSPS) is 22.7. The number of rotatable bonds is 17. The van der Waals surface area contributed by atoms with E-state index < -0.39 is 124 Å². The Morgan fingerprint density at radius 3 is 2.25 bits per heavy atom. The first kappa shape index (κ1) is 63.1. The fourth-order valence-electron chi connectivity index (χ4n) is 9.20. The largest absolute Gasteiger partial charge is 0.508 e. The first-order valence-corrected chi connectivity index (χ1v) is 28.6. The summed E-state index contributed by atoms with van der Waals surface area (Å²) >= 11 is 3.50. The van der Waals surface area contributed by atoms with E-state index in [1.54, 1.807) is 47.6 Å². The molecule has 1 saturated heterocycles. The Bertz CT molecular complexity index is 2870. The summed E-state index contributed by atoms with van der Waals surface area (Å²) in [6.45, 7) is 13.2. The van der Waals surface area contributed by atoms with Crippen molar-refractivity contribution in [2.75, 3.05) is 13.1 Å². The number of phenols is 1. The number of hydrogen-bond donors (Lipinski definition) is 10. The zero-order valence-electron chi connectivity index (χ0n) is 45.5. The molecule has 0 saturated carbocycles. The highest BCUT2D eigenvalue weighted by molar-refractivity contribution is 9.10. The Morgan fingerprint density at radius 1 is 0.886 bits per heavy atom. The number of aromatic nitrogens is 2. The molecule has 2 aromatic heterocycles. The van der Waals surface area contributed by atoms with E-state index >= 15 is 0 Å². The summed E-state index contributed by atoms with van der Waals surface area (Å²) in [5.74, 6) is -9.00. The molecule has 4 heterocycles. The first-order chi connectivity index (χ1) is 37.2. The van der Waals surface area contributed by atoms with Crippen LogP contribution in [-0.2, 0) is 64.2 Å². The minimum atomic E-state index is -5.09. The van der Waals surface area contributed by atoms with E-state index in [1.807, 2.05) is 0 Å². The van der Waals surface area contributed by atoms with Gasteiger partial charge in [0.05, 0.1) is 10.6 Å². The summed E-state index contributed by atoms with van der Waals surface area (Å²) in [4.78, 5) is 135. The van der Waals surface area contributed by atoms with Gasteiger partial charge >= 0.3 is 10.4 Å². The topological polar surface area (TPSA) is 367 Å². The van der Waals surface area contributed by atoms with Crippen LogP contribution in [0.2, 0.25) is 0 Å². The number of phenolic OH excluding ortho intramolecular Hbond substituents is 1. The minimum absolute atomic E-state index is 0.0137. The molecule has 8 amide bonds. The van der Waals surface area contributed by atoms with Gasteiger partial charge in [0.2, 0.25) is 47.1 Å². The number of oxazole rings is 1. The maximum absolute atomic E-state index is 14.8. The molecule has 5 rings (SSSR count). The van der Waals surface area contributed by atoms with Crippen LogP contribution in [0.15, 0.2) is 39.6 Å². The van der Waals surface area contributed by atoms with Crippen LogP contribution in [0.5, 0.6) is 5.75 Å². The maximum atomic E-state index is 14.8. The summed E-state index contributed by atoms with van der Waals surface area (Å²) < 4.78 is 43.6. The van der Waals surface area contributed by atoms with Crippen LogP contribution < -0.4 is 37.2 Å². The summed E-state index contributed by atoms with van der Waals surface area (Å²) in [5.41, 5.74) is 1.34. The molecule has 10 atom stereocenters. The predicted molar refractivity (Wildman–Crippen MR) is 290 cm³/mol. The molecular weight excluding hydrogens is 1120 g/mol. The van der Waals surface area contributed by atoms with E-state index in [0.29, 0.717) is 33.9 Å². The van der Waals surface area contributed by atoms with Crippen molar-refractivity contribution in [2.45, 2.75) is 162 Å². The smallest absolute Gasteiger partial charge is 0.398 e. The van der Waals surface area contributed by atoms with E-state index in [-0.39, 0.29) is 81.3 Å². The summed E-state index contributed by atoms with van der Waals surface area (Å²) in [6, 6.07) is -4.08. The number of benzene rings is 1. The van der Waals surface area contributed by atoms with Crippen molar-refractivity contribution in [3.8, 4) is 5.75 Å². The molecule has 2 aliphatic heterocycles. The van der Waals surface area contributed by atoms with Crippen molar-refractivity contribution >= 4 is 96.3 Å². The number of Topliss-reactive ketones (excluding diaryl/α,β-unsaturated/α-hetero) is 1. The first-order valence-electron chi connectivity index (χ1n) is 26.5. The average molecular weight is 1190 g/mol. The van der Waals surface area contributed by atoms with E-state index in [4.69, 9.17) is 8.60 Å². The van der Waals surface area contributed by atoms with Crippen LogP contribution in [0.3, 0.4) is 0 Å². The number of nitrogens with one attached hydrogen (secondary N) is 8. The summed E-state index contributed by atoms with van der Waals surface area (Å²) in [7, 11) is -5.09. The zero-order valence-corrected chi connectivity index (χ0v) is 47.9. The Kier molecular flexibility index (Phi) is 22.7. The number of H-pyrrole nitrogens is 1. The Morgan fingerprint density at radius 2 is 1.59 bits per heavy atom. The Balaban J connectivity index is 1.47. The third-order valence-corrected chi connectivity index (χ3v) is 15.1. The lowest BCUT2D eigenvalue weighted by molar-refractivity contribution is -0.144. The van der Waals surface area contributed by atoms with Crippen LogP contribution in [0.25, 0.3) is 17.0 Å². The molecule has 1 fully saturated rings. The number of halogens is 1. The molecule has 1 aromatic carbocycles. The number of carbonyl (C=O) groups is 9. The highest BCUT2D eigenvalue weighted by Gasteiger charge is 2.41. The molecule has 10 N–H and O–H groups in total. The molecule has 2 bridgehead atoms. The van der Waals surface area contributed by atoms with Gasteiger partial charge in [0.15, 0.2) is 6.10 Å². The number of aromatic amines is 1. The van der Waals surface area contributed by atoms with E-state index in [9.17, 15) is 61.2 Å². The van der Waals surface area contributed by atoms with Gasteiger partial charge in [-0.1, -0.05) is 61.3 Å². The van der Waals surface area contributed by atoms with Crippen LogP contribution in [0.4, 0.5) is 0 Å². The second-order valence-electron chi connectivity index (χ2n) is 20.5. The standard InChI is InChI=1S/C52H73BrN10O15S/c1-9-27(6)41(62-50(72)43(28(7)10-2)78-79(74,75)76)48(70)59-34(11-3)46(68)60-36-14-12-20-54-45(67)38(24-33-32-23-31(64)17-18-35(32)58-44(33)53)57-40(65)19-16-30-25-77-51(56-30)29(8)55-49(71)42(66)37(22-26(4)5)61-47(69)39-15-13-21-63(39)52(36)73/h16-19,23,25-29,34,36-39,41,43,58,64H,9-15,20-22,24H2,1-8H3,(H,54,67)(H,55,71)(H,57,65)(H,59,70)(H,60,68)(H,61,69)(H,62,72)(H,74,75,76)/b19-16+/t27?,28-,29-,34-,36-,37-,38?,39-,41-,43-/m0/s1. The van der Waals surface area contributed by atoms with Crippen molar-refractivity contribution in [1.29, 1.82) is 0 Å². The van der Waals surface area contributed by atoms with Crippen molar-refractivity contribution in [3.05, 3.63) is 52.3 Å². The number of amides is 8. The number of aromatic hydroxyl groups is 1. The fourth-order valence-corrected chi connectivity index (χ4v) is 10.3. The van der Waals surface area contributed by atoms with Crippen LogP contribution in [0.1, 0.15) is 130 Å². The molecule has 2 unspecified atom stereocenters. The van der Waals surface area contributed by atoms with Crippen molar-refractivity contribution < 1.29 is 69.8 Å². The monoisotopic (exact) mass is 1190 g/mol. The molecule has 2 aliphatic rings. The molecular formula is C52H73BrN10O15S. The molecule has 27 heteroatoms. The molecule has 25 nitrogen and oxygen atoms in total. The fraction of sp³-hybridized carbons (Fsp3) is 0.577.